The predicted molar refractivity (Wildman–Crippen MR) is 190 cm³/mol. The van der Waals surface area contributed by atoms with Gasteiger partial charge in [0.2, 0.25) is 0 Å². The zero-order chi connectivity index (χ0) is 34.9. The van der Waals surface area contributed by atoms with Crippen LogP contribution in [0.25, 0.3) is 0 Å². The fourth-order valence-corrected chi connectivity index (χ4v) is 15.6. The third-order valence-electron chi connectivity index (χ3n) is 6.86. The molecule has 284 valence electrons. The summed E-state index contributed by atoms with van der Waals surface area (Å²) in [5.74, 6) is 0. The Hall–Kier alpha value is 0.131. The van der Waals surface area contributed by atoms with E-state index in [9.17, 15) is 0 Å². The first-order valence-corrected chi connectivity index (χ1v) is 25.7. The van der Waals surface area contributed by atoms with Crippen molar-refractivity contribution >= 4 is 25.9 Å². The molecule has 0 aromatic heterocycles. The van der Waals surface area contributed by atoms with Crippen LogP contribution in [0, 0.1) is 0 Å². The number of aliphatic hydroxyl groups is 1. The van der Waals surface area contributed by atoms with Gasteiger partial charge in [-0.05, 0) is 50.7 Å². The number of hydrogen-bond acceptors (Lipinski definition) is 13. The van der Waals surface area contributed by atoms with Gasteiger partial charge >= 0.3 is 8.56 Å². The number of ether oxygens (including phenoxy) is 10. The van der Waals surface area contributed by atoms with E-state index in [1.54, 1.807) is 0 Å². The van der Waals surface area contributed by atoms with E-state index in [4.69, 9.17) is 60.7 Å². The van der Waals surface area contributed by atoms with Crippen LogP contribution in [0.3, 0.4) is 0 Å². The number of hydrogen-bond donors (Lipinski definition) is 1. The van der Waals surface area contributed by atoms with Crippen molar-refractivity contribution in [2.75, 3.05) is 139 Å². The highest BCUT2D eigenvalue weighted by atomic mass is 28.5. The number of rotatable bonds is 38. The van der Waals surface area contributed by atoms with Crippen LogP contribution in [0.5, 0.6) is 0 Å². The first-order valence-electron chi connectivity index (χ1n) is 17.4. The third-order valence-corrected chi connectivity index (χ3v) is 18.6. The van der Waals surface area contributed by atoms with Crippen LogP contribution >= 0.6 is 0 Å². The molecular formula is C31H70O13Si3. The molecule has 0 rings (SSSR count). The van der Waals surface area contributed by atoms with Crippen molar-refractivity contribution in [2.24, 2.45) is 0 Å². The topological polar surface area (TPSA) is 131 Å². The maximum atomic E-state index is 8.59. The minimum absolute atomic E-state index is 0.0268. The Bertz CT molecular complexity index is 654. The maximum absolute atomic E-state index is 8.59. The van der Waals surface area contributed by atoms with Gasteiger partial charge in [-0.15, -0.1) is 0 Å². The molecule has 0 saturated carbocycles. The van der Waals surface area contributed by atoms with Crippen LogP contribution in [-0.2, 0) is 55.6 Å². The van der Waals surface area contributed by atoms with Gasteiger partial charge in [0.05, 0.1) is 132 Å². The molecule has 0 aliphatic heterocycles. The van der Waals surface area contributed by atoms with E-state index in [1.807, 2.05) is 0 Å². The van der Waals surface area contributed by atoms with E-state index in [1.165, 1.54) is 0 Å². The lowest BCUT2D eigenvalue weighted by Gasteiger charge is -2.39. The van der Waals surface area contributed by atoms with Gasteiger partial charge in [0.25, 0.3) is 0 Å². The van der Waals surface area contributed by atoms with Crippen molar-refractivity contribution < 1.29 is 60.7 Å². The van der Waals surface area contributed by atoms with Crippen LogP contribution < -0.4 is 0 Å². The molecule has 0 aromatic carbocycles. The summed E-state index contributed by atoms with van der Waals surface area (Å²) in [6.07, 6.45) is 0.950. The normalized spacial score (nSPS) is 13.7. The Kier molecular flexibility index (Phi) is 33.4. The van der Waals surface area contributed by atoms with Crippen LogP contribution in [0.1, 0.15) is 20.3 Å². The van der Waals surface area contributed by atoms with E-state index in [0.717, 1.165) is 12.5 Å². The molecule has 1 atom stereocenters. The summed E-state index contributed by atoms with van der Waals surface area (Å²) in [5.41, 5.74) is 0.567. The van der Waals surface area contributed by atoms with Crippen LogP contribution in [0.15, 0.2) is 0 Å². The summed E-state index contributed by atoms with van der Waals surface area (Å²) in [4.78, 5) is 0. The van der Waals surface area contributed by atoms with Gasteiger partial charge in [-0.25, -0.2) is 0 Å². The minimum atomic E-state index is -2.18. The van der Waals surface area contributed by atoms with Crippen molar-refractivity contribution in [1.29, 1.82) is 0 Å². The fraction of sp³-hybridized carbons (Fsp3) is 1.00. The molecule has 0 fully saturated rings. The van der Waals surface area contributed by atoms with Crippen molar-refractivity contribution in [2.45, 2.75) is 64.6 Å². The Labute approximate surface area is 289 Å². The van der Waals surface area contributed by atoms with Crippen molar-refractivity contribution in [3.63, 3.8) is 0 Å². The zero-order valence-electron chi connectivity index (χ0n) is 30.8. The van der Waals surface area contributed by atoms with E-state index >= 15 is 0 Å². The zero-order valence-corrected chi connectivity index (χ0v) is 33.9. The summed E-state index contributed by atoms with van der Waals surface area (Å²) < 4.78 is 67.9. The lowest BCUT2D eigenvalue weighted by molar-refractivity contribution is -0.0268. The molecule has 0 aromatic rings. The largest absolute Gasteiger partial charge is 0.439 e. The standard InChI is InChI=1S/C31H70O13Si3/c1-31(2)46(5,6)44-47(7,43-45(3)4)30-8-10-33-12-14-35-16-18-37-20-22-39-24-26-41-28-29-42-27-25-40-23-21-38-19-17-36-15-13-34-11-9-32/h31-32,45H,8-30H2,1-7H3. The SMILES string of the molecule is CC(C)[Si](C)(C)O[Si](C)(CCCOCCOCCOCCOCCOCCOCCOCCOCCOCCOCCO)O[SiH](C)C. The van der Waals surface area contributed by atoms with E-state index < -0.39 is 25.9 Å². The molecule has 0 amide bonds. The highest BCUT2D eigenvalue weighted by molar-refractivity contribution is 6.85. The highest BCUT2D eigenvalue weighted by Gasteiger charge is 2.40. The monoisotopic (exact) mass is 734 g/mol. The molecule has 1 unspecified atom stereocenters. The molecule has 0 aliphatic carbocycles. The summed E-state index contributed by atoms with van der Waals surface area (Å²) in [6, 6.07) is 0.969. The van der Waals surface area contributed by atoms with Crippen molar-refractivity contribution in [3.8, 4) is 0 Å². The molecule has 13 nitrogen and oxygen atoms in total. The molecule has 0 heterocycles. The molecule has 0 spiro atoms. The second-order valence-electron chi connectivity index (χ2n) is 12.1. The Morgan fingerprint density at radius 3 is 1.00 bits per heavy atom. The van der Waals surface area contributed by atoms with Gasteiger partial charge in [0, 0.05) is 6.61 Å². The molecule has 0 saturated heterocycles. The highest BCUT2D eigenvalue weighted by Crippen LogP contribution is 2.29. The van der Waals surface area contributed by atoms with Gasteiger partial charge in [0.15, 0.2) is 17.4 Å². The smallest absolute Gasteiger partial charge is 0.314 e. The van der Waals surface area contributed by atoms with Gasteiger partial charge in [-0.2, -0.15) is 0 Å². The second kappa shape index (κ2) is 33.3. The van der Waals surface area contributed by atoms with Crippen molar-refractivity contribution in [3.05, 3.63) is 0 Å². The second-order valence-corrected chi connectivity index (χ2v) is 23.1. The van der Waals surface area contributed by atoms with Gasteiger partial charge in [0.1, 0.15) is 0 Å². The Morgan fingerprint density at radius 1 is 0.468 bits per heavy atom. The quantitative estimate of drug-likeness (QED) is 0.0737. The first-order chi connectivity index (χ1) is 22.6. The number of aliphatic hydroxyl groups excluding tert-OH is 1. The molecule has 1 N–H and O–H groups in total. The van der Waals surface area contributed by atoms with Gasteiger partial charge in [-0.1, -0.05) is 13.8 Å². The van der Waals surface area contributed by atoms with Gasteiger partial charge in [-0.3, -0.25) is 0 Å². The van der Waals surface area contributed by atoms with Crippen LogP contribution in [0.2, 0.25) is 44.3 Å². The first kappa shape index (κ1) is 47.1. The summed E-state index contributed by atoms with van der Waals surface area (Å²) in [7, 11) is -5.10. The summed E-state index contributed by atoms with van der Waals surface area (Å²) in [5, 5.41) is 8.59. The Morgan fingerprint density at radius 2 is 0.745 bits per heavy atom. The van der Waals surface area contributed by atoms with Crippen LogP contribution in [0.4, 0.5) is 0 Å². The average Bonchev–Trinajstić information content (AvgIpc) is 3.00. The van der Waals surface area contributed by atoms with E-state index in [2.05, 4.69) is 46.6 Å². The third kappa shape index (κ3) is 33.1. The maximum Gasteiger partial charge on any atom is 0.314 e. The molecule has 0 aliphatic rings. The average molecular weight is 735 g/mol. The van der Waals surface area contributed by atoms with E-state index in [-0.39, 0.29) is 6.61 Å². The fourth-order valence-electron chi connectivity index (χ4n) is 3.95. The molecule has 47 heavy (non-hydrogen) atoms. The van der Waals surface area contributed by atoms with E-state index in [0.29, 0.717) is 138 Å². The lowest BCUT2D eigenvalue weighted by Crippen LogP contribution is -2.51. The molecule has 0 bridgehead atoms. The summed E-state index contributed by atoms with van der Waals surface area (Å²) >= 11 is 0. The van der Waals surface area contributed by atoms with Crippen LogP contribution in [-0.4, -0.2) is 170 Å². The summed E-state index contributed by atoms with van der Waals surface area (Å²) in [6.45, 7) is 26.1. The predicted octanol–water partition coefficient (Wildman–Crippen LogP) is 3.24. The lowest BCUT2D eigenvalue weighted by atomic mass is 10.5. The van der Waals surface area contributed by atoms with Gasteiger partial charge < -0.3 is 60.7 Å². The van der Waals surface area contributed by atoms with Crippen molar-refractivity contribution in [1.82, 2.24) is 0 Å². The minimum Gasteiger partial charge on any atom is -0.439 e. The molecule has 16 heteroatoms. The Balaban J connectivity index is 3.36. The molecule has 0 radical (unpaired) electrons. The molecular weight excluding hydrogens is 665 g/mol.